The van der Waals surface area contributed by atoms with Crippen LogP contribution in [0, 0.1) is 11.8 Å². The van der Waals surface area contributed by atoms with Crippen LogP contribution >= 0.6 is 0 Å². The molecule has 0 aromatic carbocycles. The van der Waals surface area contributed by atoms with E-state index in [1.54, 1.807) is 12.4 Å². The normalized spacial score (nSPS) is 12.4. The van der Waals surface area contributed by atoms with E-state index in [0.717, 1.165) is 13.0 Å². The largest absolute Gasteiger partial charge is 0.355 e. The lowest BCUT2D eigenvalue weighted by molar-refractivity contribution is -0.126. The fourth-order valence-electron chi connectivity index (χ4n) is 1.86. The standard InChI is InChI=1S/C14H23N3O/c1-11(2)13(10-15-3)14(18)17-9-6-12-4-7-16-8-5-12/h4-5,7-8,11,13,15H,6,9-10H2,1-3H3,(H,17,18). The molecule has 4 nitrogen and oxygen atoms in total. The molecule has 100 valence electrons. The van der Waals surface area contributed by atoms with E-state index in [4.69, 9.17) is 0 Å². The zero-order valence-corrected chi connectivity index (χ0v) is 11.4. The molecule has 1 heterocycles. The van der Waals surface area contributed by atoms with Crippen LogP contribution in [-0.2, 0) is 11.2 Å². The Labute approximate surface area is 109 Å². The van der Waals surface area contributed by atoms with Crippen LogP contribution in [0.2, 0.25) is 0 Å². The van der Waals surface area contributed by atoms with Gasteiger partial charge in [-0.1, -0.05) is 13.8 Å². The molecule has 0 aliphatic carbocycles. The molecule has 1 atom stereocenters. The molecule has 1 rings (SSSR count). The van der Waals surface area contributed by atoms with E-state index in [0.29, 0.717) is 12.5 Å². The highest BCUT2D eigenvalue weighted by atomic mass is 16.1. The van der Waals surface area contributed by atoms with Gasteiger partial charge in [-0.25, -0.2) is 0 Å². The zero-order chi connectivity index (χ0) is 13.4. The summed E-state index contributed by atoms with van der Waals surface area (Å²) in [4.78, 5) is 16.0. The van der Waals surface area contributed by atoms with Crippen LogP contribution in [0.3, 0.4) is 0 Å². The van der Waals surface area contributed by atoms with Gasteiger partial charge in [0.2, 0.25) is 5.91 Å². The number of rotatable bonds is 7. The fraction of sp³-hybridized carbons (Fsp3) is 0.571. The Kier molecular flexibility index (Phi) is 6.36. The summed E-state index contributed by atoms with van der Waals surface area (Å²) in [5, 5.41) is 6.07. The van der Waals surface area contributed by atoms with Gasteiger partial charge in [0.15, 0.2) is 0 Å². The van der Waals surface area contributed by atoms with Crippen molar-refractivity contribution >= 4 is 5.91 Å². The highest BCUT2D eigenvalue weighted by Crippen LogP contribution is 2.09. The van der Waals surface area contributed by atoms with Crippen LogP contribution in [0.4, 0.5) is 0 Å². The number of hydrogen-bond donors (Lipinski definition) is 2. The fourth-order valence-corrected chi connectivity index (χ4v) is 1.86. The maximum Gasteiger partial charge on any atom is 0.224 e. The SMILES string of the molecule is CNCC(C(=O)NCCc1ccncc1)C(C)C. The number of hydrogen-bond acceptors (Lipinski definition) is 3. The van der Waals surface area contributed by atoms with Gasteiger partial charge in [0.25, 0.3) is 0 Å². The molecule has 0 fully saturated rings. The highest BCUT2D eigenvalue weighted by Gasteiger charge is 2.20. The second-order valence-corrected chi connectivity index (χ2v) is 4.80. The molecule has 1 aromatic rings. The van der Waals surface area contributed by atoms with Crippen molar-refractivity contribution in [3.63, 3.8) is 0 Å². The Morgan fingerprint density at radius 3 is 2.56 bits per heavy atom. The molecule has 0 bridgehead atoms. The van der Waals surface area contributed by atoms with Gasteiger partial charge in [-0.05, 0) is 37.1 Å². The summed E-state index contributed by atoms with van der Waals surface area (Å²) in [6, 6.07) is 3.94. The van der Waals surface area contributed by atoms with Crippen LogP contribution in [0.1, 0.15) is 19.4 Å². The molecule has 0 spiro atoms. The minimum absolute atomic E-state index is 0.0347. The van der Waals surface area contributed by atoms with E-state index in [-0.39, 0.29) is 11.8 Å². The maximum absolute atomic E-state index is 12.0. The summed E-state index contributed by atoms with van der Waals surface area (Å²) >= 11 is 0. The van der Waals surface area contributed by atoms with Crippen LogP contribution in [0.5, 0.6) is 0 Å². The molecule has 1 unspecified atom stereocenters. The van der Waals surface area contributed by atoms with Gasteiger partial charge >= 0.3 is 0 Å². The first-order chi connectivity index (χ1) is 8.65. The molecule has 0 aliphatic rings. The van der Waals surface area contributed by atoms with E-state index in [1.165, 1.54) is 5.56 Å². The summed E-state index contributed by atoms with van der Waals surface area (Å²) in [5.41, 5.74) is 1.19. The van der Waals surface area contributed by atoms with Gasteiger partial charge in [-0.2, -0.15) is 0 Å². The Balaban J connectivity index is 2.36. The van der Waals surface area contributed by atoms with Crippen molar-refractivity contribution in [2.24, 2.45) is 11.8 Å². The minimum Gasteiger partial charge on any atom is -0.355 e. The minimum atomic E-state index is 0.0347. The van der Waals surface area contributed by atoms with Crippen LogP contribution in [0.15, 0.2) is 24.5 Å². The van der Waals surface area contributed by atoms with Crippen molar-refractivity contribution in [3.05, 3.63) is 30.1 Å². The number of aromatic nitrogens is 1. The lowest BCUT2D eigenvalue weighted by atomic mass is 9.95. The molecule has 0 saturated heterocycles. The van der Waals surface area contributed by atoms with Crippen molar-refractivity contribution in [3.8, 4) is 0 Å². The first-order valence-electron chi connectivity index (χ1n) is 6.46. The van der Waals surface area contributed by atoms with E-state index in [9.17, 15) is 4.79 Å². The molecule has 2 N–H and O–H groups in total. The van der Waals surface area contributed by atoms with Crippen LogP contribution in [0.25, 0.3) is 0 Å². The lowest BCUT2D eigenvalue weighted by Gasteiger charge is -2.19. The van der Waals surface area contributed by atoms with Gasteiger partial charge in [-0.15, -0.1) is 0 Å². The molecular formula is C14H23N3O. The third-order valence-corrected chi connectivity index (χ3v) is 3.03. The zero-order valence-electron chi connectivity index (χ0n) is 11.4. The van der Waals surface area contributed by atoms with Crippen molar-refractivity contribution in [1.82, 2.24) is 15.6 Å². The van der Waals surface area contributed by atoms with E-state index in [1.807, 2.05) is 19.2 Å². The van der Waals surface area contributed by atoms with Crippen molar-refractivity contribution in [1.29, 1.82) is 0 Å². The van der Waals surface area contributed by atoms with Gasteiger partial charge in [0, 0.05) is 25.5 Å². The number of amides is 1. The second-order valence-electron chi connectivity index (χ2n) is 4.80. The second kappa shape index (κ2) is 7.82. The van der Waals surface area contributed by atoms with Crippen LogP contribution < -0.4 is 10.6 Å². The Hall–Kier alpha value is -1.42. The Morgan fingerprint density at radius 1 is 1.33 bits per heavy atom. The van der Waals surface area contributed by atoms with Gasteiger partial charge < -0.3 is 10.6 Å². The summed E-state index contributed by atoms with van der Waals surface area (Å²) in [7, 11) is 1.87. The summed E-state index contributed by atoms with van der Waals surface area (Å²) in [6.45, 7) is 5.55. The molecular weight excluding hydrogens is 226 g/mol. The average molecular weight is 249 g/mol. The monoisotopic (exact) mass is 249 g/mol. The smallest absolute Gasteiger partial charge is 0.224 e. The number of nitrogens with zero attached hydrogens (tertiary/aromatic N) is 1. The number of carbonyl (C=O) groups excluding carboxylic acids is 1. The summed E-state index contributed by atoms with van der Waals surface area (Å²) < 4.78 is 0. The molecule has 1 amide bonds. The van der Waals surface area contributed by atoms with E-state index >= 15 is 0 Å². The van der Waals surface area contributed by atoms with E-state index in [2.05, 4.69) is 29.5 Å². The van der Waals surface area contributed by atoms with Crippen molar-refractivity contribution in [2.75, 3.05) is 20.1 Å². The Morgan fingerprint density at radius 2 is 2.00 bits per heavy atom. The van der Waals surface area contributed by atoms with Gasteiger partial charge in [0.05, 0.1) is 5.92 Å². The summed E-state index contributed by atoms with van der Waals surface area (Å²) in [6.07, 6.45) is 4.39. The quantitative estimate of drug-likeness (QED) is 0.764. The predicted octanol–water partition coefficient (Wildman–Crippen LogP) is 1.23. The van der Waals surface area contributed by atoms with Crippen LogP contribution in [-0.4, -0.2) is 31.0 Å². The number of pyridine rings is 1. The third-order valence-electron chi connectivity index (χ3n) is 3.03. The number of carbonyl (C=O) groups is 1. The first kappa shape index (κ1) is 14.6. The molecule has 0 radical (unpaired) electrons. The van der Waals surface area contributed by atoms with Crippen molar-refractivity contribution < 1.29 is 4.79 Å². The molecule has 0 saturated carbocycles. The topological polar surface area (TPSA) is 54.0 Å². The summed E-state index contributed by atoms with van der Waals surface area (Å²) in [5.74, 6) is 0.513. The predicted molar refractivity (Wildman–Crippen MR) is 73.2 cm³/mol. The molecule has 18 heavy (non-hydrogen) atoms. The van der Waals surface area contributed by atoms with Gasteiger partial charge in [-0.3, -0.25) is 9.78 Å². The number of nitrogens with one attached hydrogen (secondary N) is 2. The molecule has 1 aromatic heterocycles. The van der Waals surface area contributed by atoms with E-state index < -0.39 is 0 Å². The van der Waals surface area contributed by atoms with Gasteiger partial charge in [0.1, 0.15) is 0 Å². The average Bonchev–Trinajstić information content (AvgIpc) is 2.36. The highest BCUT2D eigenvalue weighted by molar-refractivity contribution is 5.79. The molecule has 4 heteroatoms. The first-order valence-corrected chi connectivity index (χ1v) is 6.46. The Bertz CT molecular complexity index is 351. The van der Waals surface area contributed by atoms with Crippen molar-refractivity contribution in [2.45, 2.75) is 20.3 Å². The lowest BCUT2D eigenvalue weighted by Crippen LogP contribution is -2.39. The molecule has 0 aliphatic heterocycles. The third kappa shape index (κ3) is 4.84. The maximum atomic E-state index is 12.0.